The molecule has 2 aromatic rings. The van der Waals surface area contributed by atoms with Gasteiger partial charge in [-0.1, -0.05) is 24.3 Å². The highest BCUT2D eigenvalue weighted by atomic mass is 16.3. The average molecular weight is 209 g/mol. The van der Waals surface area contributed by atoms with Crippen molar-refractivity contribution in [1.29, 1.82) is 5.26 Å². The summed E-state index contributed by atoms with van der Waals surface area (Å²) in [5, 5.41) is 18.6. The van der Waals surface area contributed by atoms with E-state index in [1.807, 2.05) is 31.2 Å². The van der Waals surface area contributed by atoms with Crippen LogP contribution in [0.15, 0.2) is 42.5 Å². The van der Waals surface area contributed by atoms with Crippen LogP contribution in [0.2, 0.25) is 0 Å². The smallest absolute Gasteiger partial charge is 0.123 e. The van der Waals surface area contributed by atoms with Gasteiger partial charge in [-0.3, -0.25) is 0 Å². The lowest BCUT2D eigenvalue weighted by Crippen LogP contribution is -1.84. The second-order valence-electron chi connectivity index (χ2n) is 3.72. The van der Waals surface area contributed by atoms with Crippen LogP contribution in [-0.2, 0) is 0 Å². The first-order chi connectivity index (χ1) is 7.70. The van der Waals surface area contributed by atoms with Crippen molar-refractivity contribution < 1.29 is 5.11 Å². The first kappa shape index (κ1) is 10.3. The summed E-state index contributed by atoms with van der Waals surface area (Å²) in [6.45, 7) is 1.93. The third-order valence-corrected chi connectivity index (χ3v) is 2.42. The highest BCUT2D eigenvalue weighted by Gasteiger charge is 2.04. The Morgan fingerprint density at radius 2 is 1.88 bits per heavy atom. The average Bonchev–Trinajstić information content (AvgIpc) is 2.28. The molecular formula is C14H11NO. The summed E-state index contributed by atoms with van der Waals surface area (Å²) in [6, 6.07) is 14.8. The van der Waals surface area contributed by atoms with Gasteiger partial charge in [0.15, 0.2) is 0 Å². The predicted molar refractivity (Wildman–Crippen MR) is 63.0 cm³/mol. The van der Waals surface area contributed by atoms with Crippen LogP contribution in [0.1, 0.15) is 11.1 Å². The van der Waals surface area contributed by atoms with Crippen molar-refractivity contribution >= 4 is 0 Å². The Balaban J connectivity index is 2.61. The molecule has 0 aromatic heterocycles. The van der Waals surface area contributed by atoms with Crippen molar-refractivity contribution in [2.24, 2.45) is 0 Å². The van der Waals surface area contributed by atoms with E-state index in [2.05, 4.69) is 6.07 Å². The van der Waals surface area contributed by atoms with E-state index >= 15 is 0 Å². The minimum atomic E-state index is 0.233. The van der Waals surface area contributed by atoms with Crippen molar-refractivity contribution in [3.05, 3.63) is 53.6 Å². The van der Waals surface area contributed by atoms with Crippen molar-refractivity contribution in [2.75, 3.05) is 0 Å². The zero-order valence-corrected chi connectivity index (χ0v) is 8.94. The number of rotatable bonds is 1. The molecule has 78 valence electrons. The molecule has 0 amide bonds. The van der Waals surface area contributed by atoms with Gasteiger partial charge < -0.3 is 5.11 Å². The summed E-state index contributed by atoms with van der Waals surface area (Å²) in [7, 11) is 0. The molecule has 0 aliphatic carbocycles. The number of phenols is 1. The number of nitriles is 1. The van der Waals surface area contributed by atoms with Gasteiger partial charge in [-0.25, -0.2) is 0 Å². The van der Waals surface area contributed by atoms with Gasteiger partial charge in [-0.05, 0) is 36.2 Å². The molecule has 0 bridgehead atoms. The maximum Gasteiger partial charge on any atom is 0.123 e. The van der Waals surface area contributed by atoms with Crippen LogP contribution in [0.3, 0.4) is 0 Å². The molecule has 0 aliphatic heterocycles. The van der Waals surface area contributed by atoms with E-state index in [1.54, 1.807) is 18.2 Å². The summed E-state index contributed by atoms with van der Waals surface area (Å²) in [6.07, 6.45) is 0. The third-order valence-electron chi connectivity index (χ3n) is 2.42. The first-order valence-electron chi connectivity index (χ1n) is 5.01. The number of aromatic hydroxyl groups is 1. The van der Waals surface area contributed by atoms with Crippen LogP contribution in [0.5, 0.6) is 5.75 Å². The molecular weight excluding hydrogens is 198 g/mol. The molecule has 2 nitrogen and oxygen atoms in total. The normalized spacial score (nSPS) is 9.75. The lowest BCUT2D eigenvalue weighted by Gasteiger charge is -2.06. The van der Waals surface area contributed by atoms with Crippen LogP contribution in [0.4, 0.5) is 0 Å². The predicted octanol–water partition coefficient (Wildman–Crippen LogP) is 3.24. The molecule has 0 saturated heterocycles. The minimum absolute atomic E-state index is 0.233. The lowest BCUT2D eigenvalue weighted by atomic mass is 10.00. The van der Waals surface area contributed by atoms with E-state index in [0.29, 0.717) is 5.56 Å². The first-order valence-corrected chi connectivity index (χ1v) is 5.01. The molecule has 0 heterocycles. The van der Waals surface area contributed by atoms with Gasteiger partial charge in [-0.15, -0.1) is 0 Å². The molecule has 0 fully saturated rings. The Kier molecular flexibility index (Phi) is 2.61. The fraction of sp³-hybridized carbons (Fsp3) is 0.0714. The Hall–Kier alpha value is -2.27. The van der Waals surface area contributed by atoms with Crippen molar-refractivity contribution in [3.63, 3.8) is 0 Å². The zero-order chi connectivity index (χ0) is 11.5. The van der Waals surface area contributed by atoms with Crippen molar-refractivity contribution in [1.82, 2.24) is 0 Å². The lowest BCUT2D eigenvalue weighted by molar-refractivity contribution is 0.477. The second kappa shape index (κ2) is 4.08. The molecule has 2 rings (SSSR count). The zero-order valence-electron chi connectivity index (χ0n) is 8.94. The highest BCUT2D eigenvalue weighted by molar-refractivity contribution is 5.71. The molecule has 0 spiro atoms. The van der Waals surface area contributed by atoms with Gasteiger partial charge in [0.2, 0.25) is 0 Å². The number of hydrogen-bond acceptors (Lipinski definition) is 2. The maximum absolute atomic E-state index is 9.74. The number of aryl methyl sites for hydroxylation is 1. The SMILES string of the molecule is Cc1cc(C#N)cc(-c2ccccc2O)c1. The number of benzene rings is 2. The number of hydrogen-bond donors (Lipinski definition) is 1. The van der Waals surface area contributed by atoms with Gasteiger partial charge in [-0.2, -0.15) is 5.26 Å². The van der Waals surface area contributed by atoms with Gasteiger partial charge in [0.25, 0.3) is 0 Å². The van der Waals surface area contributed by atoms with Crippen LogP contribution in [0.25, 0.3) is 11.1 Å². The van der Waals surface area contributed by atoms with E-state index in [0.717, 1.165) is 16.7 Å². The maximum atomic E-state index is 9.74. The fourth-order valence-electron chi connectivity index (χ4n) is 1.72. The molecule has 0 atom stereocenters. The third kappa shape index (κ3) is 1.89. The molecule has 2 heteroatoms. The van der Waals surface area contributed by atoms with Crippen LogP contribution in [0, 0.1) is 18.3 Å². The fourth-order valence-corrected chi connectivity index (χ4v) is 1.72. The Bertz CT molecular complexity index is 567. The number of para-hydroxylation sites is 1. The van der Waals surface area contributed by atoms with Gasteiger partial charge in [0, 0.05) is 5.56 Å². The topological polar surface area (TPSA) is 44.0 Å². The van der Waals surface area contributed by atoms with Crippen LogP contribution < -0.4 is 0 Å². The van der Waals surface area contributed by atoms with E-state index in [9.17, 15) is 5.11 Å². The number of phenolic OH excluding ortho intramolecular Hbond substituents is 1. The minimum Gasteiger partial charge on any atom is -0.507 e. The molecule has 0 unspecified atom stereocenters. The van der Waals surface area contributed by atoms with Crippen LogP contribution >= 0.6 is 0 Å². The summed E-state index contributed by atoms with van der Waals surface area (Å²) in [5.74, 6) is 0.233. The monoisotopic (exact) mass is 209 g/mol. The quantitative estimate of drug-likeness (QED) is 0.783. The van der Waals surface area contributed by atoms with Crippen molar-refractivity contribution in [2.45, 2.75) is 6.92 Å². The van der Waals surface area contributed by atoms with Gasteiger partial charge in [0.1, 0.15) is 5.75 Å². The second-order valence-corrected chi connectivity index (χ2v) is 3.72. The molecule has 0 aliphatic rings. The molecule has 16 heavy (non-hydrogen) atoms. The van der Waals surface area contributed by atoms with E-state index in [1.165, 1.54) is 0 Å². The van der Waals surface area contributed by atoms with Crippen LogP contribution in [-0.4, -0.2) is 5.11 Å². The van der Waals surface area contributed by atoms with E-state index in [4.69, 9.17) is 5.26 Å². The molecule has 0 saturated carbocycles. The summed E-state index contributed by atoms with van der Waals surface area (Å²) >= 11 is 0. The highest BCUT2D eigenvalue weighted by Crippen LogP contribution is 2.29. The Morgan fingerprint density at radius 1 is 1.12 bits per heavy atom. The Morgan fingerprint density at radius 3 is 2.56 bits per heavy atom. The van der Waals surface area contributed by atoms with Crippen molar-refractivity contribution in [3.8, 4) is 22.9 Å². The molecule has 2 aromatic carbocycles. The van der Waals surface area contributed by atoms with Gasteiger partial charge in [0.05, 0.1) is 11.6 Å². The summed E-state index contributed by atoms with van der Waals surface area (Å²) in [5.41, 5.74) is 3.24. The largest absolute Gasteiger partial charge is 0.507 e. The Labute approximate surface area is 94.4 Å². The summed E-state index contributed by atoms with van der Waals surface area (Å²) < 4.78 is 0. The van der Waals surface area contributed by atoms with E-state index in [-0.39, 0.29) is 5.75 Å². The van der Waals surface area contributed by atoms with Gasteiger partial charge >= 0.3 is 0 Å². The molecule has 0 radical (unpaired) electrons. The molecule has 1 N–H and O–H groups in total. The standard InChI is InChI=1S/C14H11NO/c1-10-6-11(9-15)8-12(7-10)13-4-2-3-5-14(13)16/h2-8,16H,1H3. The van der Waals surface area contributed by atoms with E-state index < -0.39 is 0 Å². The number of nitrogens with zero attached hydrogens (tertiary/aromatic N) is 1. The summed E-state index contributed by atoms with van der Waals surface area (Å²) in [4.78, 5) is 0.